The SMILES string of the molecule is C[C@@]1(C(=O)N2C[C@@H]3C[C@H]2c2cncc(C#N)c2O3)Cc2cccc(Cl)c21. The van der Waals surface area contributed by atoms with E-state index < -0.39 is 5.41 Å². The van der Waals surface area contributed by atoms with E-state index in [1.54, 1.807) is 6.20 Å². The quantitative estimate of drug-likeness (QED) is 0.778. The summed E-state index contributed by atoms with van der Waals surface area (Å²) in [4.78, 5) is 19.6. The summed E-state index contributed by atoms with van der Waals surface area (Å²) < 4.78 is 6.00. The minimum Gasteiger partial charge on any atom is -0.487 e. The van der Waals surface area contributed by atoms with Gasteiger partial charge in [-0.1, -0.05) is 23.7 Å². The number of nitrogens with zero attached hydrogens (tertiary/aromatic N) is 3. The Balaban J connectivity index is 1.54. The lowest BCUT2D eigenvalue weighted by Crippen LogP contribution is -2.51. The van der Waals surface area contributed by atoms with Crippen molar-refractivity contribution < 1.29 is 9.53 Å². The third-order valence-corrected chi connectivity index (χ3v) is 6.19. The van der Waals surface area contributed by atoms with E-state index in [1.807, 2.05) is 30.0 Å². The molecule has 3 heterocycles. The molecule has 3 atom stereocenters. The number of fused-ring (bicyclic) bond motifs is 5. The van der Waals surface area contributed by atoms with Crippen LogP contribution in [0.25, 0.3) is 0 Å². The molecule has 2 bridgehead atoms. The number of rotatable bonds is 1. The second-order valence-electron chi connectivity index (χ2n) is 7.45. The standard InChI is InChI=1S/C20H16ClN3O2/c1-20(6-11-3-2-4-15(21)17(11)20)19(25)24-10-13-5-16(24)14-9-23-8-12(7-22)18(14)26-13/h2-4,8-9,13,16H,5-6,10H2,1H3/t13-,16-,20+/m0/s1. The number of carbonyl (C=O) groups excluding carboxylic acids is 1. The zero-order chi connectivity index (χ0) is 18.1. The van der Waals surface area contributed by atoms with Crippen LogP contribution in [0.4, 0.5) is 0 Å². The molecule has 3 aliphatic rings. The first-order valence-corrected chi connectivity index (χ1v) is 9.04. The average molecular weight is 366 g/mol. The van der Waals surface area contributed by atoms with Crippen molar-refractivity contribution in [2.75, 3.05) is 6.54 Å². The third kappa shape index (κ3) is 1.91. The molecule has 1 amide bonds. The predicted molar refractivity (Wildman–Crippen MR) is 94.9 cm³/mol. The molecular formula is C20H16ClN3O2. The molecule has 0 spiro atoms. The fourth-order valence-corrected chi connectivity index (χ4v) is 5.08. The molecule has 5 rings (SSSR count). The van der Waals surface area contributed by atoms with Crippen LogP contribution in [-0.4, -0.2) is 28.4 Å². The molecular weight excluding hydrogens is 350 g/mol. The van der Waals surface area contributed by atoms with Crippen LogP contribution in [-0.2, 0) is 16.6 Å². The number of carbonyl (C=O) groups is 1. The van der Waals surface area contributed by atoms with E-state index in [4.69, 9.17) is 16.3 Å². The van der Waals surface area contributed by atoms with E-state index in [0.29, 0.717) is 29.3 Å². The summed E-state index contributed by atoms with van der Waals surface area (Å²) in [5.74, 6) is 0.653. The fourth-order valence-electron chi connectivity index (χ4n) is 4.68. The molecule has 1 fully saturated rings. The normalized spacial score (nSPS) is 27.7. The van der Waals surface area contributed by atoms with Gasteiger partial charge in [-0.25, -0.2) is 0 Å². The maximum absolute atomic E-state index is 13.5. The van der Waals surface area contributed by atoms with Crippen molar-refractivity contribution in [3.05, 3.63) is 57.9 Å². The van der Waals surface area contributed by atoms with Gasteiger partial charge in [0.25, 0.3) is 0 Å². The van der Waals surface area contributed by atoms with Gasteiger partial charge >= 0.3 is 0 Å². The van der Waals surface area contributed by atoms with E-state index in [2.05, 4.69) is 11.1 Å². The summed E-state index contributed by atoms with van der Waals surface area (Å²) in [6, 6.07) is 7.83. The van der Waals surface area contributed by atoms with Crippen LogP contribution in [0.1, 0.15) is 41.6 Å². The number of hydrogen-bond donors (Lipinski definition) is 0. The van der Waals surface area contributed by atoms with Gasteiger partial charge in [0.2, 0.25) is 5.91 Å². The number of pyridine rings is 1. The van der Waals surface area contributed by atoms with E-state index in [-0.39, 0.29) is 18.1 Å². The van der Waals surface area contributed by atoms with E-state index >= 15 is 0 Å². The van der Waals surface area contributed by atoms with Crippen LogP contribution in [0.15, 0.2) is 30.6 Å². The largest absolute Gasteiger partial charge is 0.487 e. The molecule has 0 unspecified atom stereocenters. The van der Waals surface area contributed by atoms with Gasteiger partial charge in [0.1, 0.15) is 23.5 Å². The zero-order valence-electron chi connectivity index (χ0n) is 14.2. The van der Waals surface area contributed by atoms with Gasteiger partial charge in [0.05, 0.1) is 18.0 Å². The van der Waals surface area contributed by atoms with Crippen LogP contribution in [0.2, 0.25) is 5.02 Å². The Hall–Kier alpha value is -2.58. The van der Waals surface area contributed by atoms with Crippen molar-refractivity contribution in [1.29, 1.82) is 5.26 Å². The molecule has 6 heteroatoms. The van der Waals surface area contributed by atoms with Crippen LogP contribution >= 0.6 is 11.6 Å². The number of benzene rings is 1. The van der Waals surface area contributed by atoms with Crippen molar-refractivity contribution in [3.8, 4) is 11.8 Å². The van der Waals surface area contributed by atoms with Gasteiger partial charge in [0, 0.05) is 29.4 Å². The van der Waals surface area contributed by atoms with E-state index in [0.717, 1.165) is 23.1 Å². The summed E-state index contributed by atoms with van der Waals surface area (Å²) >= 11 is 6.39. The second kappa shape index (κ2) is 5.21. The van der Waals surface area contributed by atoms with Crippen molar-refractivity contribution in [2.24, 2.45) is 0 Å². The number of hydrogen-bond acceptors (Lipinski definition) is 4. The lowest BCUT2D eigenvalue weighted by atomic mass is 9.64. The fraction of sp³-hybridized carbons (Fsp3) is 0.350. The van der Waals surface area contributed by atoms with Gasteiger partial charge < -0.3 is 9.64 Å². The molecule has 1 saturated heterocycles. The van der Waals surface area contributed by atoms with Crippen molar-refractivity contribution in [2.45, 2.75) is 37.3 Å². The lowest BCUT2D eigenvalue weighted by Gasteiger charge is -2.43. The minimum atomic E-state index is -0.606. The van der Waals surface area contributed by atoms with Crippen LogP contribution in [0.3, 0.4) is 0 Å². The van der Waals surface area contributed by atoms with Gasteiger partial charge in [-0.05, 0) is 30.5 Å². The van der Waals surface area contributed by atoms with E-state index in [1.165, 1.54) is 6.20 Å². The molecule has 130 valence electrons. The molecule has 1 aliphatic carbocycles. The second-order valence-corrected chi connectivity index (χ2v) is 7.86. The van der Waals surface area contributed by atoms with Gasteiger partial charge in [0.15, 0.2) is 0 Å². The average Bonchev–Trinajstić information content (AvgIpc) is 2.96. The summed E-state index contributed by atoms with van der Waals surface area (Å²) in [7, 11) is 0. The highest BCUT2D eigenvalue weighted by molar-refractivity contribution is 6.32. The number of nitriles is 1. The zero-order valence-corrected chi connectivity index (χ0v) is 15.0. The monoisotopic (exact) mass is 365 g/mol. The van der Waals surface area contributed by atoms with Gasteiger partial charge in [-0.3, -0.25) is 9.78 Å². The van der Waals surface area contributed by atoms with Crippen molar-refractivity contribution in [3.63, 3.8) is 0 Å². The molecule has 2 aromatic rings. The molecule has 0 N–H and O–H groups in total. The maximum atomic E-state index is 13.5. The van der Waals surface area contributed by atoms with Crippen LogP contribution in [0.5, 0.6) is 5.75 Å². The lowest BCUT2D eigenvalue weighted by molar-refractivity contribution is -0.138. The topological polar surface area (TPSA) is 66.2 Å². The van der Waals surface area contributed by atoms with Crippen molar-refractivity contribution >= 4 is 17.5 Å². The van der Waals surface area contributed by atoms with Gasteiger partial charge in [-0.15, -0.1) is 0 Å². The summed E-state index contributed by atoms with van der Waals surface area (Å²) in [5.41, 5.74) is 2.73. The molecule has 0 saturated carbocycles. The molecule has 5 nitrogen and oxygen atoms in total. The molecule has 1 aromatic heterocycles. The Morgan fingerprint density at radius 1 is 1.46 bits per heavy atom. The molecule has 2 aliphatic heterocycles. The number of likely N-dealkylation sites (tertiary alicyclic amines) is 1. The number of aromatic nitrogens is 1. The predicted octanol–water partition coefficient (Wildman–Crippen LogP) is 3.16. The summed E-state index contributed by atoms with van der Waals surface area (Å²) in [5, 5.41) is 9.96. The van der Waals surface area contributed by atoms with Crippen LogP contribution in [0, 0.1) is 11.3 Å². The third-order valence-electron chi connectivity index (χ3n) is 5.88. The molecule has 0 radical (unpaired) electrons. The molecule has 1 aromatic carbocycles. The Morgan fingerprint density at radius 2 is 2.31 bits per heavy atom. The van der Waals surface area contributed by atoms with Gasteiger partial charge in [-0.2, -0.15) is 5.26 Å². The Morgan fingerprint density at radius 3 is 3.08 bits per heavy atom. The first-order valence-electron chi connectivity index (χ1n) is 8.66. The maximum Gasteiger partial charge on any atom is 0.233 e. The summed E-state index contributed by atoms with van der Waals surface area (Å²) in [6.07, 6.45) is 4.58. The van der Waals surface area contributed by atoms with Crippen molar-refractivity contribution in [1.82, 2.24) is 9.88 Å². The number of halogens is 1. The highest BCUT2D eigenvalue weighted by atomic mass is 35.5. The Labute approximate surface area is 156 Å². The first kappa shape index (κ1) is 15.7. The first-order chi connectivity index (χ1) is 12.5. The van der Waals surface area contributed by atoms with E-state index in [9.17, 15) is 10.1 Å². The Kier molecular flexibility index (Phi) is 3.14. The highest BCUT2D eigenvalue weighted by Crippen LogP contribution is 2.50. The molecule has 26 heavy (non-hydrogen) atoms. The highest BCUT2D eigenvalue weighted by Gasteiger charge is 2.53. The number of amides is 1. The minimum absolute atomic E-state index is 0.0735. The summed E-state index contributed by atoms with van der Waals surface area (Å²) in [6.45, 7) is 2.50. The van der Waals surface area contributed by atoms with Crippen LogP contribution < -0.4 is 4.74 Å². The number of ether oxygens (including phenoxy) is 1. The smallest absolute Gasteiger partial charge is 0.233 e. The Bertz CT molecular complexity index is 985.